The standard InChI is InChI=1S/C27H28.C9H8N2/c1-19-8-7-11-21-16-17-25-24-13-6-5-12-23(24)22(18-26(25)27(19)21)15-14-20-9-3-2-4-10-20;1-2-5-9-8(4-1)10-6-3-7-11-9/h2-6,9-10,12-13,16-17,19,22H,7-8,11,14-15,18H2,1H3;1-7,10H/t19-,22?;/m1./s1. The Kier molecular flexibility index (Phi) is 7.22. The van der Waals surface area contributed by atoms with Crippen molar-refractivity contribution in [1.82, 2.24) is 0 Å². The van der Waals surface area contributed by atoms with Crippen molar-refractivity contribution in [2.45, 2.75) is 57.3 Å². The summed E-state index contributed by atoms with van der Waals surface area (Å²) in [6.07, 6.45) is 13.1. The van der Waals surface area contributed by atoms with Gasteiger partial charge in [-0.05, 0) is 108 Å². The topological polar surface area (TPSA) is 24.4 Å². The third kappa shape index (κ3) is 5.09. The molecule has 1 unspecified atom stereocenters. The molecule has 0 spiro atoms. The Bertz CT molecular complexity index is 1460. The Hall–Kier alpha value is -3.91. The van der Waals surface area contributed by atoms with Crippen LogP contribution < -0.4 is 5.32 Å². The summed E-state index contributed by atoms with van der Waals surface area (Å²) in [5, 5.41) is 3.12. The molecular formula is C36H36N2. The zero-order valence-electron chi connectivity index (χ0n) is 22.2. The SMILES string of the molecule is C1=CNc2ccccc2N=C1.C[C@@H]1CCCc2ccc3c(c21)CC(CCc1ccccc1)c1ccccc1-3. The number of nitrogens with zero attached hydrogens (tertiary/aromatic N) is 1. The maximum atomic E-state index is 4.21. The highest BCUT2D eigenvalue weighted by Gasteiger charge is 2.29. The summed E-state index contributed by atoms with van der Waals surface area (Å²) >= 11 is 0. The number of hydrogen-bond acceptors (Lipinski definition) is 2. The average molecular weight is 497 g/mol. The Labute approximate surface area is 227 Å². The van der Waals surface area contributed by atoms with Crippen molar-refractivity contribution in [2.75, 3.05) is 5.32 Å². The fraction of sp³-hybridized carbons (Fsp3) is 0.250. The third-order valence-corrected chi connectivity index (χ3v) is 8.33. The quantitative estimate of drug-likeness (QED) is 0.300. The van der Waals surface area contributed by atoms with Gasteiger partial charge in [0.25, 0.3) is 0 Å². The number of hydrogen-bond donors (Lipinski definition) is 1. The fourth-order valence-electron chi connectivity index (χ4n) is 6.47. The van der Waals surface area contributed by atoms with E-state index in [0.717, 1.165) is 11.4 Å². The molecule has 0 radical (unpaired) electrons. The minimum Gasteiger partial charge on any atom is -0.360 e. The molecule has 2 nitrogen and oxygen atoms in total. The summed E-state index contributed by atoms with van der Waals surface area (Å²) in [7, 11) is 0. The molecule has 0 aromatic heterocycles. The number of aryl methyl sites for hydroxylation is 2. The highest BCUT2D eigenvalue weighted by Crippen LogP contribution is 2.46. The number of benzene rings is 4. The molecule has 3 aliphatic rings. The Morgan fingerprint density at radius 2 is 1.66 bits per heavy atom. The number of aliphatic imine (C=N–C) groups is 1. The molecule has 0 saturated heterocycles. The monoisotopic (exact) mass is 496 g/mol. The van der Waals surface area contributed by atoms with Gasteiger partial charge < -0.3 is 5.32 Å². The van der Waals surface area contributed by atoms with Crippen molar-refractivity contribution >= 4 is 17.6 Å². The van der Waals surface area contributed by atoms with Gasteiger partial charge >= 0.3 is 0 Å². The molecule has 190 valence electrons. The molecule has 1 heterocycles. The van der Waals surface area contributed by atoms with Gasteiger partial charge in [-0.1, -0.05) is 85.8 Å². The van der Waals surface area contributed by atoms with E-state index < -0.39 is 0 Å². The lowest BCUT2D eigenvalue weighted by Gasteiger charge is -2.34. The number of para-hydroxylation sites is 2. The normalized spacial score (nSPS) is 18.4. The van der Waals surface area contributed by atoms with E-state index in [1.54, 1.807) is 28.5 Å². The first-order chi connectivity index (χ1) is 18.8. The van der Waals surface area contributed by atoms with E-state index in [9.17, 15) is 0 Å². The summed E-state index contributed by atoms with van der Waals surface area (Å²) in [5.74, 6) is 1.35. The molecule has 0 saturated carbocycles. The van der Waals surface area contributed by atoms with Crippen LogP contribution in [0.5, 0.6) is 0 Å². The lowest BCUT2D eigenvalue weighted by molar-refractivity contribution is 0.566. The minimum absolute atomic E-state index is 0.634. The lowest BCUT2D eigenvalue weighted by Crippen LogP contribution is -2.18. The average Bonchev–Trinajstić information content (AvgIpc) is 3.22. The highest BCUT2D eigenvalue weighted by molar-refractivity contribution is 5.81. The van der Waals surface area contributed by atoms with E-state index in [1.807, 2.05) is 36.5 Å². The van der Waals surface area contributed by atoms with Crippen LogP contribution in [0, 0.1) is 0 Å². The zero-order valence-corrected chi connectivity index (χ0v) is 22.2. The molecule has 2 heteroatoms. The van der Waals surface area contributed by atoms with Gasteiger partial charge in [-0.15, -0.1) is 0 Å². The van der Waals surface area contributed by atoms with Gasteiger partial charge in [-0.2, -0.15) is 0 Å². The molecule has 4 aromatic rings. The first kappa shape index (κ1) is 24.4. The smallest absolute Gasteiger partial charge is 0.0864 e. The largest absolute Gasteiger partial charge is 0.360 e. The number of allylic oxidation sites excluding steroid dienone is 1. The maximum Gasteiger partial charge on any atom is 0.0864 e. The molecule has 2 atom stereocenters. The second kappa shape index (κ2) is 11.2. The Morgan fingerprint density at radius 1 is 0.842 bits per heavy atom. The van der Waals surface area contributed by atoms with E-state index in [1.165, 1.54) is 55.2 Å². The van der Waals surface area contributed by atoms with Gasteiger partial charge in [-0.25, -0.2) is 0 Å². The van der Waals surface area contributed by atoms with Gasteiger partial charge in [0.1, 0.15) is 0 Å². The van der Waals surface area contributed by atoms with Gasteiger partial charge in [0.2, 0.25) is 0 Å². The van der Waals surface area contributed by atoms with Gasteiger partial charge in [0.05, 0.1) is 11.4 Å². The van der Waals surface area contributed by atoms with E-state index >= 15 is 0 Å². The second-order valence-electron chi connectivity index (χ2n) is 10.8. The zero-order chi connectivity index (χ0) is 25.7. The fourth-order valence-corrected chi connectivity index (χ4v) is 6.47. The maximum absolute atomic E-state index is 4.21. The van der Waals surface area contributed by atoms with E-state index in [2.05, 4.69) is 84.0 Å². The third-order valence-electron chi connectivity index (χ3n) is 8.33. The van der Waals surface area contributed by atoms with Crippen LogP contribution in [0.1, 0.15) is 65.8 Å². The summed E-state index contributed by atoms with van der Waals surface area (Å²) in [6, 6.07) is 32.9. The van der Waals surface area contributed by atoms with Crippen LogP contribution >= 0.6 is 0 Å². The van der Waals surface area contributed by atoms with E-state index in [4.69, 9.17) is 0 Å². The van der Waals surface area contributed by atoms with E-state index in [0.29, 0.717) is 11.8 Å². The number of anilines is 1. The van der Waals surface area contributed by atoms with Gasteiger partial charge in [0, 0.05) is 12.4 Å². The summed E-state index contributed by atoms with van der Waals surface area (Å²) in [6.45, 7) is 2.44. The predicted octanol–water partition coefficient (Wildman–Crippen LogP) is 9.39. The van der Waals surface area contributed by atoms with Gasteiger partial charge in [0.15, 0.2) is 0 Å². The molecule has 1 aliphatic heterocycles. The van der Waals surface area contributed by atoms with Crippen molar-refractivity contribution in [3.8, 4) is 11.1 Å². The Morgan fingerprint density at radius 3 is 2.58 bits per heavy atom. The van der Waals surface area contributed by atoms with Crippen molar-refractivity contribution in [3.05, 3.63) is 131 Å². The van der Waals surface area contributed by atoms with Crippen molar-refractivity contribution < 1.29 is 0 Å². The molecule has 0 fully saturated rings. The highest BCUT2D eigenvalue weighted by atomic mass is 14.9. The summed E-state index contributed by atoms with van der Waals surface area (Å²) < 4.78 is 0. The van der Waals surface area contributed by atoms with Crippen LogP contribution in [0.4, 0.5) is 11.4 Å². The molecule has 2 aliphatic carbocycles. The molecule has 38 heavy (non-hydrogen) atoms. The Balaban J connectivity index is 0.000000200. The predicted molar refractivity (Wildman–Crippen MR) is 162 cm³/mol. The van der Waals surface area contributed by atoms with Crippen LogP contribution in [-0.2, 0) is 19.3 Å². The number of fused-ring (bicyclic) bond motifs is 6. The molecular weight excluding hydrogens is 460 g/mol. The second-order valence-corrected chi connectivity index (χ2v) is 10.8. The van der Waals surface area contributed by atoms with Crippen molar-refractivity contribution in [3.63, 3.8) is 0 Å². The first-order valence-electron chi connectivity index (χ1n) is 14.1. The molecule has 1 N–H and O–H groups in total. The molecule has 0 amide bonds. The summed E-state index contributed by atoms with van der Waals surface area (Å²) in [5.41, 5.74) is 13.0. The van der Waals surface area contributed by atoms with Crippen LogP contribution in [0.3, 0.4) is 0 Å². The van der Waals surface area contributed by atoms with Crippen LogP contribution in [-0.4, -0.2) is 6.21 Å². The van der Waals surface area contributed by atoms with Crippen molar-refractivity contribution in [2.24, 2.45) is 4.99 Å². The summed E-state index contributed by atoms with van der Waals surface area (Å²) in [4.78, 5) is 4.21. The van der Waals surface area contributed by atoms with Crippen molar-refractivity contribution in [1.29, 1.82) is 0 Å². The first-order valence-corrected chi connectivity index (χ1v) is 14.1. The molecule has 7 rings (SSSR count). The van der Waals surface area contributed by atoms with Crippen LogP contribution in [0.25, 0.3) is 11.1 Å². The van der Waals surface area contributed by atoms with E-state index in [-0.39, 0.29) is 0 Å². The number of rotatable bonds is 3. The molecule has 0 bridgehead atoms. The van der Waals surface area contributed by atoms with Gasteiger partial charge in [-0.3, -0.25) is 4.99 Å². The minimum atomic E-state index is 0.634. The molecule has 4 aromatic carbocycles. The lowest BCUT2D eigenvalue weighted by atomic mass is 9.70. The van der Waals surface area contributed by atoms with Crippen LogP contribution in [0.15, 0.2) is 108 Å². The van der Waals surface area contributed by atoms with Crippen LogP contribution in [0.2, 0.25) is 0 Å². The number of nitrogens with one attached hydrogen (secondary N) is 1.